The van der Waals surface area contributed by atoms with Gasteiger partial charge in [-0.1, -0.05) is 55.5 Å². The first-order valence-electron chi connectivity index (χ1n) is 7.25. The number of benzene rings is 2. The normalized spacial score (nSPS) is 13.9. The highest BCUT2D eigenvalue weighted by Gasteiger charge is 2.14. The Morgan fingerprint density at radius 1 is 1.00 bits per heavy atom. The van der Waals surface area contributed by atoms with E-state index >= 15 is 0 Å². The molecule has 0 heterocycles. The van der Waals surface area contributed by atoms with Gasteiger partial charge in [0.25, 0.3) is 0 Å². The molecule has 0 amide bonds. The highest BCUT2D eigenvalue weighted by Crippen LogP contribution is 2.18. The summed E-state index contributed by atoms with van der Waals surface area (Å²) >= 11 is 0. The summed E-state index contributed by atoms with van der Waals surface area (Å²) in [5.41, 5.74) is 2.05. The molecule has 0 aliphatic rings. The summed E-state index contributed by atoms with van der Waals surface area (Å²) in [5, 5.41) is 3.53. The Balaban J connectivity index is 2.01. The third-order valence-electron chi connectivity index (χ3n) is 3.68. The van der Waals surface area contributed by atoms with Crippen molar-refractivity contribution < 1.29 is 4.39 Å². The molecule has 1 nitrogen and oxygen atoms in total. The van der Waals surface area contributed by atoms with Gasteiger partial charge in [-0.15, -0.1) is 0 Å². The lowest BCUT2D eigenvalue weighted by Gasteiger charge is -2.23. The van der Waals surface area contributed by atoms with E-state index in [9.17, 15) is 4.39 Å². The maximum absolute atomic E-state index is 13.8. The number of hydrogen-bond acceptors (Lipinski definition) is 1. The van der Waals surface area contributed by atoms with Crippen LogP contribution in [-0.4, -0.2) is 6.04 Å². The Labute approximate surface area is 120 Å². The average molecular weight is 271 g/mol. The first kappa shape index (κ1) is 14.7. The summed E-state index contributed by atoms with van der Waals surface area (Å²) in [7, 11) is 0. The lowest BCUT2D eigenvalue weighted by molar-refractivity contribution is 0.429. The van der Waals surface area contributed by atoms with Crippen LogP contribution >= 0.6 is 0 Å². The fraction of sp³-hybridized carbons (Fsp3) is 0.333. The van der Waals surface area contributed by atoms with Crippen LogP contribution in [0.1, 0.15) is 37.4 Å². The molecule has 2 heteroatoms. The molecule has 0 aromatic heterocycles. The number of rotatable bonds is 6. The lowest BCUT2D eigenvalue weighted by Crippen LogP contribution is -2.33. The molecule has 0 saturated heterocycles. The smallest absolute Gasteiger partial charge is 0.127 e. The van der Waals surface area contributed by atoms with Crippen molar-refractivity contribution >= 4 is 0 Å². The second-order valence-corrected chi connectivity index (χ2v) is 5.20. The van der Waals surface area contributed by atoms with Crippen LogP contribution in [0.4, 0.5) is 4.39 Å². The zero-order chi connectivity index (χ0) is 14.4. The molecule has 20 heavy (non-hydrogen) atoms. The minimum Gasteiger partial charge on any atom is -0.307 e. The molecule has 2 aromatic rings. The van der Waals surface area contributed by atoms with E-state index in [4.69, 9.17) is 0 Å². The van der Waals surface area contributed by atoms with Crippen LogP contribution in [0.25, 0.3) is 0 Å². The molecule has 0 fully saturated rings. The lowest BCUT2D eigenvalue weighted by atomic mass is 10.0. The minimum atomic E-state index is -0.137. The maximum atomic E-state index is 13.8. The summed E-state index contributed by atoms with van der Waals surface area (Å²) < 4.78 is 13.8. The van der Waals surface area contributed by atoms with Crippen molar-refractivity contribution in [1.82, 2.24) is 5.32 Å². The molecule has 0 bridgehead atoms. The van der Waals surface area contributed by atoms with Gasteiger partial charge in [-0.3, -0.25) is 0 Å². The largest absolute Gasteiger partial charge is 0.307 e. The number of nitrogens with one attached hydrogen (secondary N) is 1. The van der Waals surface area contributed by atoms with Gasteiger partial charge < -0.3 is 5.32 Å². The first-order chi connectivity index (χ1) is 9.70. The van der Waals surface area contributed by atoms with Crippen molar-refractivity contribution in [2.45, 2.75) is 38.8 Å². The van der Waals surface area contributed by atoms with Gasteiger partial charge in [0.1, 0.15) is 5.82 Å². The van der Waals surface area contributed by atoms with Crippen LogP contribution in [0.3, 0.4) is 0 Å². The van der Waals surface area contributed by atoms with Crippen molar-refractivity contribution in [3.8, 4) is 0 Å². The van der Waals surface area contributed by atoms with Crippen molar-refractivity contribution in [2.75, 3.05) is 0 Å². The number of hydrogen-bond donors (Lipinski definition) is 1. The van der Waals surface area contributed by atoms with Gasteiger partial charge in [-0.25, -0.2) is 4.39 Å². The molecule has 2 aromatic carbocycles. The predicted octanol–water partition coefficient (Wildman–Crippen LogP) is 4.50. The second-order valence-electron chi connectivity index (χ2n) is 5.20. The van der Waals surface area contributed by atoms with Crippen molar-refractivity contribution in [3.05, 3.63) is 71.5 Å². The van der Waals surface area contributed by atoms with E-state index in [0.717, 1.165) is 18.4 Å². The first-order valence-corrected chi connectivity index (χ1v) is 7.25. The minimum absolute atomic E-state index is 0.0184. The molecule has 0 aliphatic heterocycles. The summed E-state index contributed by atoms with van der Waals surface area (Å²) in [4.78, 5) is 0. The molecule has 0 radical (unpaired) electrons. The van der Waals surface area contributed by atoms with E-state index in [1.54, 1.807) is 6.07 Å². The molecular formula is C18H22FN. The van der Waals surface area contributed by atoms with E-state index in [2.05, 4.69) is 36.5 Å². The Kier molecular flexibility index (Phi) is 5.31. The van der Waals surface area contributed by atoms with Crippen LogP contribution in [-0.2, 0) is 6.42 Å². The van der Waals surface area contributed by atoms with Crippen LogP contribution in [0.5, 0.6) is 0 Å². The maximum Gasteiger partial charge on any atom is 0.127 e. The van der Waals surface area contributed by atoms with E-state index in [1.807, 2.05) is 25.1 Å². The average Bonchev–Trinajstić information content (AvgIpc) is 2.48. The molecular weight excluding hydrogens is 249 g/mol. The molecule has 2 rings (SSSR count). The molecule has 0 spiro atoms. The molecule has 2 atom stereocenters. The van der Waals surface area contributed by atoms with Crippen LogP contribution in [0, 0.1) is 5.82 Å². The van der Waals surface area contributed by atoms with Gasteiger partial charge in [0.2, 0.25) is 0 Å². The highest BCUT2D eigenvalue weighted by molar-refractivity contribution is 5.21. The van der Waals surface area contributed by atoms with E-state index < -0.39 is 0 Å². The number of halogens is 1. The zero-order valence-electron chi connectivity index (χ0n) is 12.1. The fourth-order valence-corrected chi connectivity index (χ4v) is 2.49. The molecule has 1 N–H and O–H groups in total. The summed E-state index contributed by atoms with van der Waals surface area (Å²) in [5.74, 6) is -0.137. The summed E-state index contributed by atoms with van der Waals surface area (Å²) in [6.45, 7) is 4.18. The predicted molar refractivity (Wildman–Crippen MR) is 82.2 cm³/mol. The quantitative estimate of drug-likeness (QED) is 0.815. The van der Waals surface area contributed by atoms with Crippen LogP contribution in [0.2, 0.25) is 0 Å². The zero-order valence-corrected chi connectivity index (χ0v) is 12.1. The second kappa shape index (κ2) is 7.20. The summed E-state index contributed by atoms with van der Waals surface area (Å²) in [6.07, 6.45) is 1.99. The molecule has 0 saturated carbocycles. The monoisotopic (exact) mass is 271 g/mol. The van der Waals surface area contributed by atoms with Gasteiger partial charge in [0, 0.05) is 17.6 Å². The molecule has 106 valence electrons. The van der Waals surface area contributed by atoms with E-state index in [1.165, 1.54) is 11.6 Å². The topological polar surface area (TPSA) is 12.0 Å². The van der Waals surface area contributed by atoms with Gasteiger partial charge in [-0.05, 0) is 31.4 Å². The van der Waals surface area contributed by atoms with Gasteiger partial charge >= 0.3 is 0 Å². The van der Waals surface area contributed by atoms with Crippen molar-refractivity contribution in [2.24, 2.45) is 0 Å². The Morgan fingerprint density at radius 3 is 2.30 bits per heavy atom. The van der Waals surface area contributed by atoms with Gasteiger partial charge in [0.05, 0.1) is 0 Å². The molecule has 2 unspecified atom stereocenters. The fourth-order valence-electron chi connectivity index (χ4n) is 2.49. The molecule has 0 aliphatic carbocycles. The Bertz CT molecular complexity index is 524. The standard InChI is InChI=1S/C18H22FN/c1-3-16(13-15-9-5-4-6-10-15)20-14(2)17-11-7-8-12-18(17)19/h4-12,14,16,20H,3,13H2,1-2H3. The van der Waals surface area contributed by atoms with Crippen LogP contribution < -0.4 is 5.32 Å². The SMILES string of the molecule is CCC(Cc1ccccc1)NC(C)c1ccccc1F. The van der Waals surface area contributed by atoms with Crippen LogP contribution in [0.15, 0.2) is 54.6 Å². The van der Waals surface area contributed by atoms with Crippen molar-refractivity contribution in [3.63, 3.8) is 0 Å². The third-order valence-corrected chi connectivity index (χ3v) is 3.68. The summed E-state index contributed by atoms with van der Waals surface area (Å²) in [6, 6.07) is 17.8. The third kappa shape index (κ3) is 3.91. The van der Waals surface area contributed by atoms with E-state index in [0.29, 0.717) is 6.04 Å². The Hall–Kier alpha value is -1.67. The Morgan fingerprint density at radius 2 is 1.65 bits per heavy atom. The van der Waals surface area contributed by atoms with Gasteiger partial charge in [0.15, 0.2) is 0 Å². The van der Waals surface area contributed by atoms with Crippen molar-refractivity contribution in [1.29, 1.82) is 0 Å². The van der Waals surface area contributed by atoms with E-state index in [-0.39, 0.29) is 11.9 Å². The van der Waals surface area contributed by atoms with Gasteiger partial charge in [-0.2, -0.15) is 0 Å². The highest BCUT2D eigenvalue weighted by atomic mass is 19.1.